The molecular weight excluding hydrogens is 296 g/mol. The van der Waals surface area contributed by atoms with E-state index < -0.39 is 0 Å². The van der Waals surface area contributed by atoms with E-state index in [0.717, 1.165) is 25.5 Å². The highest BCUT2D eigenvalue weighted by Crippen LogP contribution is 2.27. The fourth-order valence-electron chi connectivity index (χ4n) is 3.87. The minimum absolute atomic E-state index is 1.02. The molecule has 2 heterocycles. The molecule has 2 aliphatic heterocycles. The van der Waals surface area contributed by atoms with Crippen molar-refractivity contribution in [3.8, 4) is 0 Å². The molecule has 1 saturated heterocycles. The summed E-state index contributed by atoms with van der Waals surface area (Å²) in [6.07, 6.45) is 9.20. The molecule has 1 aromatic carbocycles. The largest absolute Gasteiger partial charge is 0.356 e. The van der Waals surface area contributed by atoms with Crippen molar-refractivity contribution in [1.82, 2.24) is 10.2 Å². The van der Waals surface area contributed by atoms with Gasteiger partial charge in [0.1, 0.15) is 0 Å². The molecule has 132 valence electrons. The monoisotopic (exact) mass is 328 g/mol. The Morgan fingerprint density at radius 1 is 1.04 bits per heavy atom. The Bertz CT molecular complexity index is 534. The van der Waals surface area contributed by atoms with E-state index in [-0.39, 0.29) is 0 Å². The predicted octanol–water partition coefficient (Wildman–Crippen LogP) is 3.28. The highest BCUT2D eigenvalue weighted by Gasteiger charge is 2.21. The lowest BCUT2D eigenvalue weighted by Crippen LogP contribution is -2.41. The second-order valence-corrected chi connectivity index (χ2v) is 6.97. The Kier molecular flexibility index (Phi) is 6.53. The number of nitrogens with zero attached hydrogens (tertiary/aromatic N) is 3. The first kappa shape index (κ1) is 17.3. The van der Waals surface area contributed by atoms with Gasteiger partial charge in [-0.25, -0.2) is 0 Å². The van der Waals surface area contributed by atoms with E-state index in [1.807, 2.05) is 7.05 Å². The number of para-hydroxylation sites is 1. The number of hydrogen-bond donors (Lipinski definition) is 1. The second kappa shape index (κ2) is 9.07. The molecule has 0 radical (unpaired) electrons. The lowest BCUT2D eigenvalue weighted by molar-refractivity contribution is 0.224. The predicted molar refractivity (Wildman–Crippen MR) is 103 cm³/mol. The molecule has 0 bridgehead atoms. The zero-order valence-electron chi connectivity index (χ0n) is 15.1. The minimum atomic E-state index is 1.02. The van der Waals surface area contributed by atoms with Crippen LogP contribution in [0.5, 0.6) is 0 Å². The Hall–Kier alpha value is -1.55. The summed E-state index contributed by atoms with van der Waals surface area (Å²) in [7, 11) is 1.89. The fourth-order valence-corrected chi connectivity index (χ4v) is 3.87. The van der Waals surface area contributed by atoms with Gasteiger partial charge in [0, 0.05) is 25.8 Å². The molecule has 0 aliphatic carbocycles. The summed E-state index contributed by atoms with van der Waals surface area (Å²) in [6, 6.07) is 8.67. The van der Waals surface area contributed by atoms with Crippen molar-refractivity contribution in [3.63, 3.8) is 0 Å². The molecule has 0 atom stereocenters. The molecule has 0 aromatic heterocycles. The Labute approximate surface area is 146 Å². The maximum atomic E-state index is 4.48. The Morgan fingerprint density at radius 2 is 1.88 bits per heavy atom. The normalized spacial score (nSPS) is 18.7. The highest BCUT2D eigenvalue weighted by atomic mass is 15.3. The number of guanidine groups is 1. The SMILES string of the molecule is CN=C(NCCCCCN1CCCCC1)N1CCc2ccccc21. The molecule has 0 spiro atoms. The summed E-state index contributed by atoms with van der Waals surface area (Å²) in [4.78, 5) is 9.44. The number of benzene rings is 1. The van der Waals surface area contributed by atoms with Crippen LogP contribution in [-0.2, 0) is 6.42 Å². The van der Waals surface area contributed by atoms with Crippen molar-refractivity contribution >= 4 is 11.6 Å². The van der Waals surface area contributed by atoms with Gasteiger partial charge in [0.2, 0.25) is 0 Å². The number of piperidine rings is 1. The second-order valence-electron chi connectivity index (χ2n) is 6.97. The minimum Gasteiger partial charge on any atom is -0.356 e. The summed E-state index contributed by atoms with van der Waals surface area (Å²) in [6.45, 7) is 5.98. The van der Waals surface area contributed by atoms with Gasteiger partial charge in [-0.15, -0.1) is 0 Å². The number of fused-ring (bicyclic) bond motifs is 1. The standard InChI is InChI=1S/C20H32N4/c1-21-20(24-17-12-18-10-4-5-11-19(18)24)22-13-6-2-7-14-23-15-8-3-9-16-23/h4-5,10-11H,2-3,6-9,12-17H2,1H3,(H,21,22). The van der Waals surface area contributed by atoms with Crippen LogP contribution in [0.25, 0.3) is 0 Å². The smallest absolute Gasteiger partial charge is 0.198 e. The first-order valence-corrected chi connectivity index (χ1v) is 9.67. The van der Waals surface area contributed by atoms with Crippen LogP contribution >= 0.6 is 0 Å². The molecule has 4 nitrogen and oxygen atoms in total. The third-order valence-electron chi connectivity index (χ3n) is 5.24. The Morgan fingerprint density at radius 3 is 2.71 bits per heavy atom. The molecule has 24 heavy (non-hydrogen) atoms. The van der Waals surface area contributed by atoms with Crippen molar-refractivity contribution in [1.29, 1.82) is 0 Å². The van der Waals surface area contributed by atoms with Gasteiger partial charge in [-0.2, -0.15) is 0 Å². The van der Waals surface area contributed by atoms with E-state index in [0.29, 0.717) is 0 Å². The van der Waals surface area contributed by atoms with Crippen LogP contribution in [0, 0.1) is 0 Å². The summed E-state index contributed by atoms with van der Waals surface area (Å²) in [5, 5.41) is 3.55. The third-order valence-corrected chi connectivity index (χ3v) is 5.24. The molecule has 0 saturated carbocycles. The molecule has 0 amide bonds. The number of likely N-dealkylation sites (tertiary alicyclic amines) is 1. The van der Waals surface area contributed by atoms with Crippen molar-refractivity contribution in [3.05, 3.63) is 29.8 Å². The van der Waals surface area contributed by atoms with Crippen LogP contribution < -0.4 is 10.2 Å². The van der Waals surface area contributed by atoms with Crippen LogP contribution in [0.4, 0.5) is 5.69 Å². The average molecular weight is 329 g/mol. The van der Waals surface area contributed by atoms with E-state index in [1.54, 1.807) is 0 Å². The number of aliphatic imine (C=N–C) groups is 1. The maximum absolute atomic E-state index is 4.48. The zero-order chi connectivity index (χ0) is 16.6. The summed E-state index contributed by atoms with van der Waals surface area (Å²) in [5.41, 5.74) is 2.75. The van der Waals surface area contributed by atoms with Gasteiger partial charge in [0.15, 0.2) is 5.96 Å². The van der Waals surface area contributed by atoms with Gasteiger partial charge < -0.3 is 15.1 Å². The number of anilines is 1. The Balaban J connectivity index is 1.35. The lowest BCUT2D eigenvalue weighted by atomic mass is 10.1. The van der Waals surface area contributed by atoms with E-state index in [4.69, 9.17) is 0 Å². The van der Waals surface area contributed by atoms with E-state index in [1.165, 1.54) is 69.4 Å². The van der Waals surface area contributed by atoms with Crippen LogP contribution in [0.15, 0.2) is 29.3 Å². The van der Waals surface area contributed by atoms with Gasteiger partial charge in [-0.05, 0) is 63.4 Å². The molecule has 0 unspecified atom stereocenters. The van der Waals surface area contributed by atoms with Crippen molar-refractivity contribution in [2.75, 3.05) is 44.7 Å². The third kappa shape index (κ3) is 4.50. The van der Waals surface area contributed by atoms with Gasteiger partial charge in [0.25, 0.3) is 0 Å². The number of rotatable bonds is 6. The highest BCUT2D eigenvalue weighted by molar-refractivity contribution is 5.97. The van der Waals surface area contributed by atoms with E-state index >= 15 is 0 Å². The molecule has 1 N–H and O–H groups in total. The van der Waals surface area contributed by atoms with Gasteiger partial charge in [-0.1, -0.05) is 31.0 Å². The molecule has 4 heteroatoms. The number of hydrogen-bond acceptors (Lipinski definition) is 2. The average Bonchev–Trinajstić information content (AvgIpc) is 3.06. The van der Waals surface area contributed by atoms with Crippen LogP contribution in [0.3, 0.4) is 0 Å². The van der Waals surface area contributed by atoms with Crippen LogP contribution in [0.1, 0.15) is 44.1 Å². The topological polar surface area (TPSA) is 30.9 Å². The number of unbranched alkanes of at least 4 members (excludes halogenated alkanes) is 2. The molecular formula is C20H32N4. The molecule has 1 fully saturated rings. The first-order valence-electron chi connectivity index (χ1n) is 9.67. The van der Waals surface area contributed by atoms with Crippen molar-refractivity contribution < 1.29 is 0 Å². The number of nitrogens with one attached hydrogen (secondary N) is 1. The van der Waals surface area contributed by atoms with Crippen LogP contribution in [0.2, 0.25) is 0 Å². The quantitative estimate of drug-likeness (QED) is 0.494. The summed E-state index contributed by atoms with van der Waals surface area (Å²) < 4.78 is 0. The van der Waals surface area contributed by atoms with Crippen molar-refractivity contribution in [2.45, 2.75) is 44.9 Å². The van der Waals surface area contributed by atoms with Crippen molar-refractivity contribution in [2.24, 2.45) is 4.99 Å². The molecule has 3 rings (SSSR count). The first-order chi connectivity index (χ1) is 11.9. The van der Waals surface area contributed by atoms with Gasteiger partial charge >= 0.3 is 0 Å². The fraction of sp³-hybridized carbons (Fsp3) is 0.650. The van der Waals surface area contributed by atoms with E-state index in [9.17, 15) is 0 Å². The maximum Gasteiger partial charge on any atom is 0.198 e. The zero-order valence-corrected chi connectivity index (χ0v) is 15.1. The summed E-state index contributed by atoms with van der Waals surface area (Å²) >= 11 is 0. The van der Waals surface area contributed by atoms with Gasteiger partial charge in [0.05, 0.1) is 0 Å². The van der Waals surface area contributed by atoms with Crippen LogP contribution in [-0.4, -0.2) is 50.6 Å². The van der Waals surface area contributed by atoms with E-state index in [2.05, 4.69) is 44.4 Å². The molecule has 1 aromatic rings. The summed E-state index contributed by atoms with van der Waals surface area (Å²) in [5.74, 6) is 1.02. The van der Waals surface area contributed by atoms with Gasteiger partial charge in [-0.3, -0.25) is 4.99 Å². The lowest BCUT2D eigenvalue weighted by Gasteiger charge is -2.26. The molecule has 2 aliphatic rings.